The lowest BCUT2D eigenvalue weighted by molar-refractivity contribution is 0.129. The van der Waals surface area contributed by atoms with Gasteiger partial charge in [-0.2, -0.15) is 0 Å². The summed E-state index contributed by atoms with van der Waals surface area (Å²) in [5.74, 6) is 0. The first-order chi connectivity index (χ1) is 8.79. The van der Waals surface area contributed by atoms with Crippen LogP contribution in [0.2, 0.25) is 0 Å². The lowest BCUT2D eigenvalue weighted by atomic mass is 9.77. The minimum atomic E-state index is 0.356. The molecule has 2 heterocycles. The van der Waals surface area contributed by atoms with Crippen molar-refractivity contribution >= 4 is 0 Å². The molecule has 2 nitrogen and oxygen atoms in total. The molecular formula is C17H32N2. The summed E-state index contributed by atoms with van der Waals surface area (Å²) < 4.78 is 0. The lowest BCUT2D eigenvalue weighted by Crippen LogP contribution is -2.53. The zero-order valence-electron chi connectivity index (χ0n) is 13.6. The Labute approximate surface area is 119 Å². The molecule has 1 fully saturated rings. The summed E-state index contributed by atoms with van der Waals surface area (Å²) in [7, 11) is 0. The summed E-state index contributed by atoms with van der Waals surface area (Å²) >= 11 is 0. The topological polar surface area (TPSA) is 15.3 Å². The van der Waals surface area contributed by atoms with Crippen molar-refractivity contribution in [1.29, 1.82) is 0 Å². The molecule has 2 aliphatic heterocycles. The maximum atomic E-state index is 3.74. The molecule has 0 saturated carbocycles. The molecule has 110 valence electrons. The first-order valence-corrected chi connectivity index (χ1v) is 7.94. The Bertz CT molecular complexity index is 336. The first-order valence-electron chi connectivity index (χ1n) is 7.94. The summed E-state index contributed by atoms with van der Waals surface area (Å²) in [6, 6.07) is 0.658. The number of nitrogens with one attached hydrogen (secondary N) is 1. The number of hydrogen-bond acceptors (Lipinski definition) is 2. The number of hydrogen-bond donors (Lipinski definition) is 1. The Kier molecular flexibility index (Phi) is 4.42. The molecule has 1 saturated heterocycles. The molecule has 0 aromatic rings. The minimum absolute atomic E-state index is 0.356. The van der Waals surface area contributed by atoms with Crippen LogP contribution in [-0.2, 0) is 0 Å². The molecule has 2 rings (SSSR count). The Hall–Kier alpha value is -0.340. The monoisotopic (exact) mass is 264 g/mol. The Morgan fingerprint density at radius 3 is 2.63 bits per heavy atom. The van der Waals surface area contributed by atoms with Gasteiger partial charge in [-0.3, -0.25) is 4.90 Å². The largest absolute Gasteiger partial charge is 0.312 e. The molecule has 2 aliphatic rings. The molecule has 0 amide bonds. The van der Waals surface area contributed by atoms with Crippen molar-refractivity contribution in [2.24, 2.45) is 10.8 Å². The van der Waals surface area contributed by atoms with Gasteiger partial charge in [0.15, 0.2) is 0 Å². The molecule has 19 heavy (non-hydrogen) atoms. The van der Waals surface area contributed by atoms with Crippen LogP contribution >= 0.6 is 0 Å². The fourth-order valence-corrected chi connectivity index (χ4v) is 3.40. The van der Waals surface area contributed by atoms with E-state index in [1.807, 2.05) is 0 Å². The molecule has 0 spiro atoms. The van der Waals surface area contributed by atoms with Crippen LogP contribution in [-0.4, -0.2) is 37.1 Å². The van der Waals surface area contributed by atoms with E-state index in [0.29, 0.717) is 16.9 Å². The van der Waals surface area contributed by atoms with Gasteiger partial charge in [-0.25, -0.2) is 0 Å². The van der Waals surface area contributed by atoms with Crippen LogP contribution in [0, 0.1) is 10.8 Å². The fraction of sp³-hybridized carbons (Fsp3) is 0.882. The predicted molar refractivity (Wildman–Crippen MR) is 83.4 cm³/mol. The molecule has 0 aliphatic carbocycles. The molecule has 0 aromatic carbocycles. The van der Waals surface area contributed by atoms with Crippen LogP contribution in [0.25, 0.3) is 0 Å². The summed E-state index contributed by atoms with van der Waals surface area (Å²) in [4.78, 5) is 2.62. The van der Waals surface area contributed by atoms with E-state index in [9.17, 15) is 0 Å². The van der Waals surface area contributed by atoms with E-state index in [-0.39, 0.29) is 0 Å². The Balaban J connectivity index is 1.90. The number of nitrogens with zero attached hydrogens (tertiary/aromatic N) is 1. The molecular weight excluding hydrogens is 232 g/mol. The van der Waals surface area contributed by atoms with Crippen molar-refractivity contribution in [2.45, 2.75) is 59.9 Å². The smallest absolute Gasteiger partial charge is 0.0246 e. The first kappa shape index (κ1) is 15.1. The van der Waals surface area contributed by atoms with Crippen molar-refractivity contribution in [1.82, 2.24) is 10.2 Å². The number of piperidine rings is 1. The second-order valence-electron chi connectivity index (χ2n) is 8.09. The third-order valence-electron chi connectivity index (χ3n) is 5.03. The van der Waals surface area contributed by atoms with Gasteiger partial charge in [-0.15, -0.1) is 0 Å². The molecule has 1 atom stereocenters. The van der Waals surface area contributed by atoms with E-state index in [0.717, 1.165) is 6.54 Å². The lowest BCUT2D eigenvalue weighted by Gasteiger charge is -2.43. The van der Waals surface area contributed by atoms with Gasteiger partial charge < -0.3 is 5.32 Å². The molecule has 0 aromatic heterocycles. The van der Waals surface area contributed by atoms with Crippen molar-refractivity contribution in [3.05, 3.63) is 11.6 Å². The SMILES string of the molecule is CC(C)(C)C1=CCN(CC2NCCCC2(C)C)CC1. The maximum absolute atomic E-state index is 3.74. The average molecular weight is 264 g/mol. The van der Waals surface area contributed by atoms with Crippen LogP contribution in [0.4, 0.5) is 0 Å². The highest BCUT2D eigenvalue weighted by molar-refractivity contribution is 5.14. The molecule has 1 N–H and O–H groups in total. The summed E-state index contributed by atoms with van der Waals surface area (Å²) in [6.45, 7) is 16.6. The normalized spacial score (nSPS) is 29.1. The standard InChI is InChI=1S/C17H32N2/c1-16(2,3)14-7-11-19(12-8-14)13-15-17(4,5)9-6-10-18-15/h7,15,18H,6,8-13H2,1-5H3. The summed E-state index contributed by atoms with van der Waals surface area (Å²) in [6.07, 6.45) is 6.41. The van der Waals surface area contributed by atoms with Gasteiger partial charge in [0, 0.05) is 25.7 Å². The zero-order chi connectivity index (χ0) is 14.1. The number of rotatable bonds is 2. The van der Waals surface area contributed by atoms with Crippen molar-refractivity contribution < 1.29 is 0 Å². The Morgan fingerprint density at radius 1 is 1.37 bits per heavy atom. The van der Waals surface area contributed by atoms with E-state index in [1.54, 1.807) is 5.57 Å². The van der Waals surface area contributed by atoms with Gasteiger partial charge in [0.2, 0.25) is 0 Å². The maximum Gasteiger partial charge on any atom is 0.0246 e. The van der Waals surface area contributed by atoms with Gasteiger partial charge in [-0.1, -0.05) is 46.3 Å². The second-order valence-corrected chi connectivity index (χ2v) is 8.09. The minimum Gasteiger partial charge on any atom is -0.312 e. The molecule has 0 radical (unpaired) electrons. The zero-order valence-corrected chi connectivity index (χ0v) is 13.6. The van der Waals surface area contributed by atoms with Gasteiger partial charge in [-0.05, 0) is 36.6 Å². The van der Waals surface area contributed by atoms with Gasteiger partial charge in [0.05, 0.1) is 0 Å². The van der Waals surface area contributed by atoms with E-state index in [2.05, 4.69) is 50.9 Å². The van der Waals surface area contributed by atoms with Crippen LogP contribution in [0.15, 0.2) is 11.6 Å². The van der Waals surface area contributed by atoms with Crippen molar-refractivity contribution in [3.8, 4) is 0 Å². The van der Waals surface area contributed by atoms with E-state index in [1.165, 1.54) is 38.9 Å². The molecule has 2 heteroatoms. The second kappa shape index (κ2) is 5.57. The van der Waals surface area contributed by atoms with Crippen molar-refractivity contribution in [3.63, 3.8) is 0 Å². The van der Waals surface area contributed by atoms with Gasteiger partial charge in [0.25, 0.3) is 0 Å². The highest BCUT2D eigenvalue weighted by Crippen LogP contribution is 2.33. The van der Waals surface area contributed by atoms with Gasteiger partial charge in [0.1, 0.15) is 0 Å². The summed E-state index contributed by atoms with van der Waals surface area (Å²) in [5.41, 5.74) is 2.44. The van der Waals surface area contributed by atoms with Crippen LogP contribution in [0.3, 0.4) is 0 Å². The fourth-order valence-electron chi connectivity index (χ4n) is 3.40. The van der Waals surface area contributed by atoms with E-state index >= 15 is 0 Å². The highest BCUT2D eigenvalue weighted by Gasteiger charge is 2.33. The molecule has 0 bridgehead atoms. The highest BCUT2D eigenvalue weighted by atomic mass is 15.2. The third kappa shape index (κ3) is 3.82. The quantitative estimate of drug-likeness (QED) is 0.769. The van der Waals surface area contributed by atoms with E-state index < -0.39 is 0 Å². The van der Waals surface area contributed by atoms with E-state index in [4.69, 9.17) is 0 Å². The third-order valence-corrected chi connectivity index (χ3v) is 5.03. The van der Waals surface area contributed by atoms with Crippen LogP contribution < -0.4 is 5.32 Å². The summed E-state index contributed by atoms with van der Waals surface area (Å²) in [5, 5.41) is 3.74. The predicted octanol–water partition coefficient (Wildman–Crippen LogP) is 3.44. The van der Waals surface area contributed by atoms with Gasteiger partial charge >= 0.3 is 0 Å². The average Bonchev–Trinajstić information content (AvgIpc) is 2.31. The Morgan fingerprint density at radius 2 is 2.11 bits per heavy atom. The van der Waals surface area contributed by atoms with Crippen molar-refractivity contribution in [2.75, 3.05) is 26.2 Å². The van der Waals surface area contributed by atoms with Crippen LogP contribution in [0.5, 0.6) is 0 Å². The van der Waals surface area contributed by atoms with Crippen LogP contribution in [0.1, 0.15) is 53.9 Å². The molecule has 1 unspecified atom stereocenters.